The molecule has 0 aromatic carbocycles. The molecule has 4 rings (SSSR count). The van der Waals surface area contributed by atoms with Crippen molar-refractivity contribution in [2.45, 2.75) is 12.8 Å². The maximum atomic E-state index is 12.6. The number of hydrogen-bond donors (Lipinski definition) is 0. The lowest BCUT2D eigenvalue weighted by molar-refractivity contribution is -0.137. The maximum absolute atomic E-state index is 12.6. The van der Waals surface area contributed by atoms with Crippen molar-refractivity contribution in [3.8, 4) is 0 Å². The molecule has 3 aliphatic heterocycles. The Labute approximate surface area is 133 Å². The zero-order valence-corrected chi connectivity index (χ0v) is 13.3. The van der Waals surface area contributed by atoms with Gasteiger partial charge >= 0.3 is 0 Å². The summed E-state index contributed by atoms with van der Waals surface area (Å²) in [6.07, 6.45) is 1.64. The third kappa shape index (κ3) is 2.34. The molecule has 3 saturated heterocycles. The lowest BCUT2D eigenvalue weighted by atomic mass is 9.99. The molecular weight excluding hydrogens is 300 g/mol. The summed E-state index contributed by atoms with van der Waals surface area (Å²) in [5.41, 5.74) is 1.01. The van der Waals surface area contributed by atoms with Gasteiger partial charge in [-0.3, -0.25) is 9.59 Å². The van der Waals surface area contributed by atoms with Crippen molar-refractivity contribution >= 4 is 28.8 Å². The van der Waals surface area contributed by atoms with Gasteiger partial charge in [0, 0.05) is 50.1 Å². The molecule has 0 radical (unpaired) electrons. The average molecular weight is 320 g/mol. The van der Waals surface area contributed by atoms with E-state index in [1.165, 1.54) is 0 Å². The van der Waals surface area contributed by atoms with Gasteiger partial charge in [-0.2, -0.15) is 11.3 Å². The summed E-state index contributed by atoms with van der Waals surface area (Å²) in [6.45, 7) is 3.44. The molecule has 4 heterocycles. The molecule has 5 nitrogen and oxygen atoms in total. The standard InChI is InChI=1S/C16H20N2O3S/c19-15(11-1-4-21-5-2-11)17-7-12-8-18(13-3-6-22-10-13)16(20)14(12)9-17/h3,6,10-12,14H,1-2,4-5,7-9H2/t12-,14-/m0/s1. The molecular formula is C16H20N2O3S. The smallest absolute Gasteiger partial charge is 0.232 e. The van der Waals surface area contributed by atoms with Crippen LogP contribution in [-0.2, 0) is 14.3 Å². The summed E-state index contributed by atoms with van der Waals surface area (Å²) in [7, 11) is 0. The Balaban J connectivity index is 1.42. The van der Waals surface area contributed by atoms with Crippen LogP contribution in [0.3, 0.4) is 0 Å². The Morgan fingerprint density at radius 2 is 2.05 bits per heavy atom. The zero-order chi connectivity index (χ0) is 15.1. The third-order valence-corrected chi connectivity index (χ3v) is 5.81. The van der Waals surface area contributed by atoms with E-state index in [1.54, 1.807) is 11.3 Å². The minimum absolute atomic E-state index is 0.0105. The molecule has 2 amide bonds. The van der Waals surface area contributed by atoms with Crippen LogP contribution in [0, 0.1) is 17.8 Å². The number of hydrogen-bond acceptors (Lipinski definition) is 4. The van der Waals surface area contributed by atoms with Crippen LogP contribution in [0.2, 0.25) is 0 Å². The number of fused-ring (bicyclic) bond motifs is 1. The van der Waals surface area contributed by atoms with Crippen LogP contribution >= 0.6 is 11.3 Å². The van der Waals surface area contributed by atoms with Crippen molar-refractivity contribution in [1.29, 1.82) is 0 Å². The Morgan fingerprint density at radius 3 is 2.73 bits per heavy atom. The number of amides is 2. The first-order valence-corrected chi connectivity index (χ1v) is 8.88. The number of rotatable bonds is 2. The summed E-state index contributed by atoms with van der Waals surface area (Å²) in [5, 5.41) is 4.02. The monoisotopic (exact) mass is 320 g/mol. The lowest BCUT2D eigenvalue weighted by Gasteiger charge is -2.27. The summed E-state index contributed by atoms with van der Waals surface area (Å²) in [5.74, 6) is 0.786. The molecule has 1 aromatic rings. The molecule has 0 bridgehead atoms. The maximum Gasteiger partial charge on any atom is 0.232 e. The summed E-state index contributed by atoms with van der Waals surface area (Å²) in [6, 6.07) is 1.99. The van der Waals surface area contributed by atoms with Gasteiger partial charge in [-0.05, 0) is 24.3 Å². The topological polar surface area (TPSA) is 49.9 Å². The molecule has 3 fully saturated rings. The van der Waals surface area contributed by atoms with Gasteiger partial charge in [0.2, 0.25) is 11.8 Å². The molecule has 0 N–H and O–H groups in total. The summed E-state index contributed by atoms with van der Waals surface area (Å²) >= 11 is 1.61. The van der Waals surface area contributed by atoms with Crippen LogP contribution in [0.15, 0.2) is 16.8 Å². The number of carbonyl (C=O) groups is 2. The van der Waals surface area contributed by atoms with E-state index in [-0.39, 0.29) is 29.6 Å². The number of ether oxygens (including phenoxy) is 1. The average Bonchev–Trinajstić information content (AvgIpc) is 3.25. The summed E-state index contributed by atoms with van der Waals surface area (Å²) in [4.78, 5) is 29.0. The Hall–Kier alpha value is -1.40. The molecule has 22 heavy (non-hydrogen) atoms. The highest BCUT2D eigenvalue weighted by atomic mass is 32.1. The third-order valence-electron chi connectivity index (χ3n) is 5.14. The van der Waals surface area contributed by atoms with Gasteiger partial charge in [-0.25, -0.2) is 0 Å². The van der Waals surface area contributed by atoms with Gasteiger partial charge < -0.3 is 14.5 Å². The first-order chi connectivity index (χ1) is 10.7. The minimum atomic E-state index is -0.0105. The summed E-state index contributed by atoms with van der Waals surface area (Å²) < 4.78 is 5.33. The van der Waals surface area contributed by atoms with Crippen LogP contribution in [-0.4, -0.2) is 49.6 Å². The van der Waals surface area contributed by atoms with Crippen LogP contribution in [0.1, 0.15) is 12.8 Å². The molecule has 6 heteroatoms. The molecule has 0 aliphatic carbocycles. The fraction of sp³-hybridized carbons (Fsp3) is 0.625. The number of anilines is 1. The van der Waals surface area contributed by atoms with Crippen molar-refractivity contribution in [2.24, 2.45) is 17.8 Å². The van der Waals surface area contributed by atoms with E-state index >= 15 is 0 Å². The molecule has 3 aliphatic rings. The predicted molar refractivity (Wildman–Crippen MR) is 83.8 cm³/mol. The van der Waals surface area contributed by atoms with Crippen LogP contribution < -0.4 is 4.90 Å². The van der Waals surface area contributed by atoms with E-state index in [2.05, 4.69) is 0 Å². The Morgan fingerprint density at radius 1 is 1.23 bits per heavy atom. The number of nitrogens with zero attached hydrogens (tertiary/aromatic N) is 2. The Kier molecular flexibility index (Phi) is 3.66. The second-order valence-corrected chi connectivity index (χ2v) is 7.21. The molecule has 2 atom stereocenters. The number of thiophene rings is 1. The van der Waals surface area contributed by atoms with Gasteiger partial charge in [0.05, 0.1) is 11.6 Å². The van der Waals surface area contributed by atoms with E-state index in [0.717, 1.165) is 31.6 Å². The minimum Gasteiger partial charge on any atom is -0.381 e. The molecule has 118 valence electrons. The number of carbonyl (C=O) groups excluding carboxylic acids is 2. The van der Waals surface area contributed by atoms with E-state index in [1.807, 2.05) is 26.6 Å². The highest BCUT2D eigenvalue weighted by molar-refractivity contribution is 7.08. The van der Waals surface area contributed by atoms with Crippen molar-refractivity contribution in [1.82, 2.24) is 4.90 Å². The van der Waals surface area contributed by atoms with E-state index in [4.69, 9.17) is 4.74 Å². The van der Waals surface area contributed by atoms with Crippen LogP contribution in [0.4, 0.5) is 5.69 Å². The van der Waals surface area contributed by atoms with Gasteiger partial charge in [0.25, 0.3) is 0 Å². The first-order valence-electron chi connectivity index (χ1n) is 7.94. The SMILES string of the molecule is O=C(C1CCOCC1)N1C[C@H]2CN(c3ccsc3)C(=O)[C@H]2C1. The predicted octanol–water partition coefficient (Wildman–Crippen LogP) is 1.60. The molecule has 1 aromatic heterocycles. The van der Waals surface area contributed by atoms with Crippen molar-refractivity contribution < 1.29 is 14.3 Å². The van der Waals surface area contributed by atoms with E-state index < -0.39 is 0 Å². The van der Waals surface area contributed by atoms with Gasteiger partial charge in [0.15, 0.2) is 0 Å². The van der Waals surface area contributed by atoms with Crippen molar-refractivity contribution in [2.75, 3.05) is 37.7 Å². The fourth-order valence-corrected chi connectivity index (χ4v) is 4.53. The molecule has 0 unspecified atom stereocenters. The number of likely N-dealkylation sites (tertiary alicyclic amines) is 1. The van der Waals surface area contributed by atoms with E-state index in [0.29, 0.717) is 19.8 Å². The fourth-order valence-electron chi connectivity index (χ4n) is 3.89. The van der Waals surface area contributed by atoms with Gasteiger partial charge in [-0.15, -0.1) is 0 Å². The van der Waals surface area contributed by atoms with Gasteiger partial charge in [0.1, 0.15) is 0 Å². The van der Waals surface area contributed by atoms with Gasteiger partial charge in [-0.1, -0.05) is 0 Å². The lowest BCUT2D eigenvalue weighted by Crippen LogP contribution is -2.40. The van der Waals surface area contributed by atoms with Crippen LogP contribution in [0.25, 0.3) is 0 Å². The molecule has 0 spiro atoms. The molecule has 0 saturated carbocycles. The quantitative estimate of drug-likeness (QED) is 0.831. The first kappa shape index (κ1) is 14.2. The highest BCUT2D eigenvalue weighted by Gasteiger charge is 2.48. The van der Waals surface area contributed by atoms with Crippen molar-refractivity contribution in [3.63, 3.8) is 0 Å². The second kappa shape index (κ2) is 5.66. The second-order valence-electron chi connectivity index (χ2n) is 6.43. The van der Waals surface area contributed by atoms with Crippen molar-refractivity contribution in [3.05, 3.63) is 16.8 Å². The van der Waals surface area contributed by atoms with E-state index in [9.17, 15) is 9.59 Å². The normalized spacial score (nSPS) is 29.2. The largest absolute Gasteiger partial charge is 0.381 e. The zero-order valence-electron chi connectivity index (χ0n) is 12.4. The Bertz CT molecular complexity index is 568. The highest BCUT2D eigenvalue weighted by Crippen LogP contribution is 2.36. The van der Waals surface area contributed by atoms with Crippen LogP contribution in [0.5, 0.6) is 0 Å².